The predicted molar refractivity (Wildman–Crippen MR) is 53.5 cm³/mol. The van der Waals surface area contributed by atoms with Crippen molar-refractivity contribution in [3.63, 3.8) is 0 Å². The zero-order valence-electron chi connectivity index (χ0n) is 7.91. The molecule has 0 saturated heterocycles. The minimum absolute atomic E-state index is 0.266. The van der Waals surface area contributed by atoms with Gasteiger partial charge in [0.1, 0.15) is 5.56 Å². The molecule has 0 aliphatic carbocycles. The van der Waals surface area contributed by atoms with Gasteiger partial charge in [-0.1, -0.05) is 18.2 Å². The number of nitrogens with zero attached hydrogens (tertiary/aromatic N) is 2. The van der Waals surface area contributed by atoms with E-state index in [4.69, 9.17) is 10.2 Å². The molecule has 1 aromatic heterocycles. The first-order chi connectivity index (χ1) is 7.61. The Kier molecular flexibility index (Phi) is 2.24. The molecule has 0 amide bonds. The summed E-state index contributed by atoms with van der Waals surface area (Å²) in [5.74, 6) is -2.74. The SMILES string of the molecule is O=C(O)c1nnc2ccccc2c1C(=O)O. The van der Waals surface area contributed by atoms with Gasteiger partial charge in [-0.3, -0.25) is 0 Å². The average Bonchev–Trinajstić information content (AvgIpc) is 2.27. The topological polar surface area (TPSA) is 100 Å². The first-order valence-electron chi connectivity index (χ1n) is 4.33. The predicted octanol–water partition coefficient (Wildman–Crippen LogP) is 1.03. The molecule has 0 bridgehead atoms. The molecule has 6 heteroatoms. The number of carboxylic acids is 2. The molecule has 0 unspecified atom stereocenters. The van der Waals surface area contributed by atoms with Gasteiger partial charge in [-0.05, 0) is 6.07 Å². The van der Waals surface area contributed by atoms with E-state index in [-0.39, 0.29) is 10.9 Å². The van der Waals surface area contributed by atoms with Crippen LogP contribution < -0.4 is 0 Å². The van der Waals surface area contributed by atoms with E-state index in [9.17, 15) is 9.59 Å². The summed E-state index contributed by atoms with van der Waals surface area (Å²) in [7, 11) is 0. The van der Waals surface area contributed by atoms with E-state index in [2.05, 4.69) is 10.2 Å². The highest BCUT2D eigenvalue weighted by atomic mass is 16.4. The van der Waals surface area contributed by atoms with Crippen molar-refractivity contribution in [1.82, 2.24) is 10.2 Å². The van der Waals surface area contributed by atoms with Crippen molar-refractivity contribution in [1.29, 1.82) is 0 Å². The molecule has 6 nitrogen and oxygen atoms in total. The molecule has 16 heavy (non-hydrogen) atoms. The molecule has 0 aliphatic rings. The van der Waals surface area contributed by atoms with E-state index in [0.717, 1.165) is 0 Å². The Morgan fingerprint density at radius 3 is 2.31 bits per heavy atom. The van der Waals surface area contributed by atoms with Gasteiger partial charge in [0.15, 0.2) is 5.69 Å². The van der Waals surface area contributed by atoms with Crippen molar-refractivity contribution < 1.29 is 19.8 Å². The monoisotopic (exact) mass is 218 g/mol. The number of aromatic carboxylic acids is 2. The molecule has 0 fully saturated rings. The molecule has 2 rings (SSSR count). The third kappa shape index (κ3) is 1.46. The highest BCUT2D eigenvalue weighted by Crippen LogP contribution is 2.18. The van der Waals surface area contributed by atoms with E-state index in [1.807, 2.05) is 0 Å². The second-order valence-electron chi connectivity index (χ2n) is 3.05. The molecule has 1 heterocycles. The fourth-order valence-electron chi connectivity index (χ4n) is 1.42. The average molecular weight is 218 g/mol. The van der Waals surface area contributed by atoms with E-state index < -0.39 is 17.6 Å². The Morgan fingerprint density at radius 2 is 1.69 bits per heavy atom. The lowest BCUT2D eigenvalue weighted by Crippen LogP contribution is -2.12. The number of hydrogen-bond acceptors (Lipinski definition) is 4. The second-order valence-corrected chi connectivity index (χ2v) is 3.05. The van der Waals surface area contributed by atoms with Crippen molar-refractivity contribution in [2.75, 3.05) is 0 Å². The summed E-state index contributed by atoms with van der Waals surface area (Å²) in [5, 5.41) is 25.1. The van der Waals surface area contributed by atoms with E-state index >= 15 is 0 Å². The van der Waals surface area contributed by atoms with Gasteiger partial charge < -0.3 is 10.2 Å². The number of rotatable bonds is 2. The van der Waals surface area contributed by atoms with Crippen molar-refractivity contribution in [3.05, 3.63) is 35.5 Å². The first kappa shape index (κ1) is 10.0. The van der Waals surface area contributed by atoms with E-state index in [1.165, 1.54) is 6.07 Å². The minimum atomic E-state index is -1.41. The minimum Gasteiger partial charge on any atom is -0.478 e. The van der Waals surface area contributed by atoms with Crippen LogP contribution in [0.3, 0.4) is 0 Å². The van der Waals surface area contributed by atoms with Crippen LogP contribution in [-0.2, 0) is 0 Å². The highest BCUT2D eigenvalue weighted by molar-refractivity contribution is 6.09. The maximum absolute atomic E-state index is 11.0. The molecular weight excluding hydrogens is 212 g/mol. The van der Waals surface area contributed by atoms with Crippen molar-refractivity contribution in [3.8, 4) is 0 Å². The molecular formula is C10H6N2O4. The lowest BCUT2D eigenvalue weighted by atomic mass is 10.1. The van der Waals surface area contributed by atoms with Crippen molar-refractivity contribution >= 4 is 22.8 Å². The van der Waals surface area contributed by atoms with Crippen LogP contribution in [0.25, 0.3) is 10.9 Å². The fourth-order valence-corrected chi connectivity index (χ4v) is 1.42. The lowest BCUT2D eigenvalue weighted by molar-refractivity contribution is 0.0647. The first-order valence-corrected chi connectivity index (χ1v) is 4.33. The maximum Gasteiger partial charge on any atom is 0.357 e. The molecule has 0 aliphatic heterocycles. The highest BCUT2D eigenvalue weighted by Gasteiger charge is 2.21. The van der Waals surface area contributed by atoms with Gasteiger partial charge in [0.05, 0.1) is 5.52 Å². The third-order valence-electron chi connectivity index (χ3n) is 2.08. The Bertz CT molecular complexity index is 594. The Morgan fingerprint density at radius 1 is 1.00 bits per heavy atom. The van der Waals surface area contributed by atoms with E-state index in [0.29, 0.717) is 5.52 Å². The maximum atomic E-state index is 11.0. The number of carbonyl (C=O) groups is 2. The summed E-state index contributed by atoms with van der Waals surface area (Å²) in [4.78, 5) is 21.8. The molecule has 80 valence electrons. The molecule has 2 aromatic rings. The van der Waals surface area contributed by atoms with Crippen LogP contribution in [0, 0.1) is 0 Å². The van der Waals surface area contributed by atoms with Gasteiger partial charge >= 0.3 is 11.9 Å². The van der Waals surface area contributed by atoms with Gasteiger partial charge in [0.2, 0.25) is 0 Å². The number of hydrogen-bond donors (Lipinski definition) is 2. The van der Waals surface area contributed by atoms with E-state index in [1.54, 1.807) is 18.2 Å². The van der Waals surface area contributed by atoms with Gasteiger partial charge in [-0.25, -0.2) is 9.59 Å². The number of benzene rings is 1. The fraction of sp³-hybridized carbons (Fsp3) is 0. The van der Waals surface area contributed by atoms with Gasteiger partial charge in [-0.15, -0.1) is 10.2 Å². The second kappa shape index (κ2) is 3.58. The standard InChI is InChI=1S/C10H6N2O4/c13-9(14)7-5-3-1-2-4-6(5)11-12-8(7)10(15)16/h1-4H,(H,13,14)(H,15,16). The van der Waals surface area contributed by atoms with Crippen LogP contribution in [0.5, 0.6) is 0 Å². The summed E-state index contributed by atoms with van der Waals surface area (Å²) in [5.41, 5.74) is -0.533. The molecule has 0 atom stereocenters. The van der Waals surface area contributed by atoms with Crippen molar-refractivity contribution in [2.45, 2.75) is 0 Å². The molecule has 0 radical (unpaired) electrons. The summed E-state index contributed by atoms with van der Waals surface area (Å²) in [6.45, 7) is 0. The smallest absolute Gasteiger partial charge is 0.357 e. The Labute approximate surface area is 89.2 Å². The van der Waals surface area contributed by atoms with Crippen LogP contribution in [0.15, 0.2) is 24.3 Å². The third-order valence-corrected chi connectivity index (χ3v) is 2.08. The Balaban J connectivity index is 2.90. The normalized spacial score (nSPS) is 10.2. The zero-order valence-corrected chi connectivity index (χ0v) is 7.91. The van der Waals surface area contributed by atoms with Crippen molar-refractivity contribution in [2.24, 2.45) is 0 Å². The molecule has 2 N–H and O–H groups in total. The molecule has 1 aromatic carbocycles. The largest absolute Gasteiger partial charge is 0.478 e. The summed E-state index contributed by atoms with van der Waals surface area (Å²) in [6.07, 6.45) is 0. The number of fused-ring (bicyclic) bond motifs is 1. The van der Waals surface area contributed by atoms with Crippen LogP contribution in [0.2, 0.25) is 0 Å². The van der Waals surface area contributed by atoms with Gasteiger partial charge in [0, 0.05) is 5.39 Å². The molecule has 0 spiro atoms. The quantitative estimate of drug-likeness (QED) is 0.780. The molecule has 0 saturated carbocycles. The lowest BCUT2D eigenvalue weighted by Gasteiger charge is -2.03. The van der Waals surface area contributed by atoms with Crippen LogP contribution in [0.1, 0.15) is 20.8 Å². The number of carboxylic acid groups (broad SMARTS) is 2. The van der Waals surface area contributed by atoms with Crippen LogP contribution >= 0.6 is 0 Å². The van der Waals surface area contributed by atoms with Crippen LogP contribution in [0.4, 0.5) is 0 Å². The summed E-state index contributed by atoms with van der Waals surface area (Å²) >= 11 is 0. The summed E-state index contributed by atoms with van der Waals surface area (Å²) < 4.78 is 0. The van der Waals surface area contributed by atoms with Gasteiger partial charge in [0.25, 0.3) is 0 Å². The Hall–Kier alpha value is -2.50. The van der Waals surface area contributed by atoms with Gasteiger partial charge in [-0.2, -0.15) is 0 Å². The summed E-state index contributed by atoms with van der Waals surface area (Å²) in [6, 6.07) is 6.35. The number of aromatic nitrogens is 2. The zero-order chi connectivity index (χ0) is 11.7. The van der Waals surface area contributed by atoms with Crippen LogP contribution in [-0.4, -0.2) is 32.3 Å².